The van der Waals surface area contributed by atoms with Crippen LogP contribution in [0.2, 0.25) is 0 Å². The fraction of sp³-hybridized carbons (Fsp3) is 0.562. The molecule has 0 radical (unpaired) electrons. The highest BCUT2D eigenvalue weighted by Gasteiger charge is 2.36. The summed E-state index contributed by atoms with van der Waals surface area (Å²) in [5.41, 5.74) is 0.965. The number of likely N-dealkylation sites (N-methyl/N-ethyl adjacent to an activating group) is 1. The van der Waals surface area contributed by atoms with Crippen LogP contribution in [0.5, 0.6) is 0 Å². The van der Waals surface area contributed by atoms with E-state index in [1.807, 2.05) is 49.1 Å². The third kappa shape index (κ3) is 3.19. The Bertz CT molecular complexity index is 435. The number of benzene rings is 1. The highest BCUT2D eigenvalue weighted by Crippen LogP contribution is 2.24. The number of carbonyl (C=O) groups excluding carboxylic acids is 1. The summed E-state index contributed by atoms with van der Waals surface area (Å²) in [4.78, 5) is 16.5. The maximum Gasteiger partial charge on any atom is 0.244 e. The van der Waals surface area contributed by atoms with Gasteiger partial charge in [0.05, 0.1) is 12.1 Å². The first-order valence-electron chi connectivity index (χ1n) is 7.45. The van der Waals surface area contributed by atoms with Crippen molar-refractivity contribution < 1.29 is 9.90 Å². The van der Waals surface area contributed by atoms with Crippen LogP contribution in [0.3, 0.4) is 0 Å². The van der Waals surface area contributed by atoms with Crippen LogP contribution in [-0.4, -0.2) is 47.7 Å². The number of carbonyl (C=O) groups is 1. The van der Waals surface area contributed by atoms with Crippen molar-refractivity contribution >= 4 is 11.6 Å². The summed E-state index contributed by atoms with van der Waals surface area (Å²) in [5.74, 6) is 0.154. The summed E-state index contributed by atoms with van der Waals surface area (Å²) in [6.45, 7) is 6.13. The average Bonchev–Trinajstić information content (AvgIpc) is 2.87. The first-order chi connectivity index (χ1) is 9.67. The summed E-state index contributed by atoms with van der Waals surface area (Å²) < 4.78 is 0. The van der Waals surface area contributed by atoms with Gasteiger partial charge in [0.1, 0.15) is 0 Å². The highest BCUT2D eigenvalue weighted by molar-refractivity contribution is 5.99. The van der Waals surface area contributed by atoms with Crippen LogP contribution in [0.25, 0.3) is 0 Å². The van der Waals surface area contributed by atoms with Gasteiger partial charge < -0.3 is 10.0 Å². The van der Waals surface area contributed by atoms with Crippen molar-refractivity contribution in [1.29, 1.82) is 0 Å². The van der Waals surface area contributed by atoms with E-state index in [4.69, 9.17) is 0 Å². The van der Waals surface area contributed by atoms with Crippen molar-refractivity contribution in [2.45, 2.75) is 38.8 Å². The Balaban J connectivity index is 2.06. The van der Waals surface area contributed by atoms with E-state index in [1.165, 1.54) is 0 Å². The fourth-order valence-electron chi connectivity index (χ4n) is 2.74. The second-order valence-electron chi connectivity index (χ2n) is 5.28. The van der Waals surface area contributed by atoms with Gasteiger partial charge >= 0.3 is 0 Å². The maximum atomic E-state index is 12.6. The molecule has 0 saturated carbocycles. The predicted molar refractivity (Wildman–Crippen MR) is 80.7 cm³/mol. The lowest BCUT2D eigenvalue weighted by Crippen LogP contribution is -2.45. The van der Waals surface area contributed by atoms with Crippen LogP contribution in [0.4, 0.5) is 5.69 Å². The first-order valence-corrected chi connectivity index (χ1v) is 7.45. The highest BCUT2D eigenvalue weighted by atomic mass is 16.3. The summed E-state index contributed by atoms with van der Waals surface area (Å²) >= 11 is 0. The molecule has 1 fully saturated rings. The minimum atomic E-state index is -0.353. The van der Waals surface area contributed by atoms with Crippen LogP contribution in [0, 0.1) is 0 Å². The molecule has 0 aromatic heterocycles. The Morgan fingerprint density at radius 2 is 2.05 bits per heavy atom. The van der Waals surface area contributed by atoms with Gasteiger partial charge in [-0.2, -0.15) is 0 Å². The van der Waals surface area contributed by atoms with Crippen molar-refractivity contribution in [3.63, 3.8) is 0 Å². The Labute approximate surface area is 121 Å². The van der Waals surface area contributed by atoms with E-state index >= 15 is 0 Å². The zero-order valence-corrected chi connectivity index (χ0v) is 12.3. The smallest absolute Gasteiger partial charge is 0.244 e. The zero-order valence-electron chi connectivity index (χ0n) is 12.3. The number of aliphatic hydroxyl groups excluding tert-OH is 1. The van der Waals surface area contributed by atoms with E-state index in [9.17, 15) is 9.90 Å². The fourth-order valence-corrected chi connectivity index (χ4v) is 2.74. The molecular weight excluding hydrogens is 252 g/mol. The number of anilines is 1. The number of amides is 1. The summed E-state index contributed by atoms with van der Waals surface area (Å²) in [6.07, 6.45) is 1.20. The second-order valence-corrected chi connectivity index (χ2v) is 5.28. The Morgan fingerprint density at radius 3 is 2.65 bits per heavy atom. The van der Waals surface area contributed by atoms with Crippen LogP contribution < -0.4 is 4.90 Å². The number of nitrogens with zero attached hydrogens (tertiary/aromatic N) is 2. The van der Waals surface area contributed by atoms with Crippen molar-refractivity contribution in [2.24, 2.45) is 0 Å². The molecule has 110 valence electrons. The van der Waals surface area contributed by atoms with Gasteiger partial charge in [0.15, 0.2) is 0 Å². The quantitative estimate of drug-likeness (QED) is 0.863. The molecule has 0 aliphatic carbocycles. The standard InChI is InChI=1S/C16H24N2O2/c1-3-14(19)12-17(4-2)15-10-11-18(16(15)20)13-8-6-5-7-9-13/h5-9,14-15,19H,3-4,10-12H2,1-2H3. The molecule has 2 unspecified atom stereocenters. The van der Waals surface area contributed by atoms with E-state index in [1.54, 1.807) is 0 Å². The van der Waals surface area contributed by atoms with Crippen LogP contribution >= 0.6 is 0 Å². The van der Waals surface area contributed by atoms with Crippen LogP contribution in [0.15, 0.2) is 30.3 Å². The van der Waals surface area contributed by atoms with Crippen LogP contribution in [0.1, 0.15) is 26.7 Å². The molecule has 4 heteroatoms. The van der Waals surface area contributed by atoms with Crippen molar-refractivity contribution in [3.8, 4) is 0 Å². The van der Waals surface area contributed by atoms with Gasteiger partial charge in [-0.05, 0) is 31.5 Å². The zero-order chi connectivity index (χ0) is 14.5. The van der Waals surface area contributed by atoms with Gasteiger partial charge in [-0.15, -0.1) is 0 Å². The molecule has 0 spiro atoms. The molecule has 1 heterocycles. The molecule has 20 heavy (non-hydrogen) atoms. The van der Waals surface area contributed by atoms with Gasteiger partial charge in [0, 0.05) is 18.8 Å². The molecule has 0 bridgehead atoms. The Morgan fingerprint density at radius 1 is 1.35 bits per heavy atom. The van der Waals surface area contributed by atoms with E-state index in [0.717, 1.165) is 31.6 Å². The van der Waals surface area contributed by atoms with Gasteiger partial charge in [-0.3, -0.25) is 9.69 Å². The third-order valence-electron chi connectivity index (χ3n) is 4.01. The number of para-hydroxylation sites is 1. The topological polar surface area (TPSA) is 43.8 Å². The van der Waals surface area contributed by atoms with Gasteiger partial charge in [0.2, 0.25) is 5.91 Å². The van der Waals surface area contributed by atoms with E-state index in [2.05, 4.69) is 4.90 Å². The van der Waals surface area contributed by atoms with E-state index in [0.29, 0.717) is 6.54 Å². The molecule has 1 N–H and O–H groups in total. The molecule has 1 aliphatic rings. The minimum absolute atomic E-state index is 0.0959. The molecule has 2 atom stereocenters. The van der Waals surface area contributed by atoms with Gasteiger partial charge in [0.25, 0.3) is 0 Å². The van der Waals surface area contributed by atoms with E-state index in [-0.39, 0.29) is 18.1 Å². The van der Waals surface area contributed by atoms with Crippen molar-refractivity contribution in [1.82, 2.24) is 4.90 Å². The molecule has 1 saturated heterocycles. The minimum Gasteiger partial charge on any atom is -0.392 e. The molecule has 1 amide bonds. The summed E-state index contributed by atoms with van der Waals surface area (Å²) in [7, 11) is 0. The lowest BCUT2D eigenvalue weighted by molar-refractivity contribution is -0.122. The monoisotopic (exact) mass is 276 g/mol. The summed E-state index contributed by atoms with van der Waals surface area (Å²) in [6, 6.07) is 9.70. The normalized spacial score (nSPS) is 20.7. The Hall–Kier alpha value is -1.39. The lowest BCUT2D eigenvalue weighted by atomic mass is 10.1. The SMILES string of the molecule is CCC(O)CN(CC)C1CCN(c2ccccc2)C1=O. The number of rotatable bonds is 6. The first kappa shape index (κ1) is 15.0. The number of hydrogen-bond acceptors (Lipinski definition) is 3. The molecule has 2 rings (SSSR count). The van der Waals surface area contributed by atoms with Crippen LogP contribution in [-0.2, 0) is 4.79 Å². The number of hydrogen-bond donors (Lipinski definition) is 1. The molecule has 4 nitrogen and oxygen atoms in total. The summed E-state index contributed by atoms with van der Waals surface area (Å²) in [5, 5.41) is 9.82. The Kier molecular flexibility index (Phi) is 5.15. The second kappa shape index (κ2) is 6.86. The van der Waals surface area contributed by atoms with Gasteiger partial charge in [-0.1, -0.05) is 32.0 Å². The molecular formula is C16H24N2O2. The largest absolute Gasteiger partial charge is 0.392 e. The lowest BCUT2D eigenvalue weighted by Gasteiger charge is -2.28. The molecule has 1 aromatic rings. The third-order valence-corrected chi connectivity index (χ3v) is 4.01. The maximum absolute atomic E-state index is 12.6. The van der Waals surface area contributed by atoms with Crippen molar-refractivity contribution in [3.05, 3.63) is 30.3 Å². The molecule has 1 aliphatic heterocycles. The van der Waals surface area contributed by atoms with Gasteiger partial charge in [-0.25, -0.2) is 0 Å². The van der Waals surface area contributed by atoms with E-state index < -0.39 is 0 Å². The number of aliphatic hydroxyl groups is 1. The van der Waals surface area contributed by atoms with Crippen molar-refractivity contribution in [2.75, 3.05) is 24.5 Å². The predicted octanol–water partition coefficient (Wildman–Crippen LogP) is 1.88. The molecule has 1 aromatic carbocycles. The average molecular weight is 276 g/mol.